The number of halogens is 1. The molecule has 6 heteroatoms. The molecule has 1 aliphatic rings. The first-order valence-electron chi connectivity index (χ1n) is 9.45. The summed E-state index contributed by atoms with van der Waals surface area (Å²) in [5, 5.41) is 0. The standard InChI is InChI=1S/C22H28N2O2S.ClH/c1-4-14-24-15-13-20(16-24)19-5-9-21(10-6-19)23-27(25,26)22-11-7-18(8-12-22)17(2)3;/h4-12,17,20,23H,1,13-16H2,2-3H3;1H/t20-;/m0./s1. The van der Waals surface area contributed by atoms with Gasteiger partial charge in [0.05, 0.1) is 4.90 Å². The van der Waals surface area contributed by atoms with Crippen LogP contribution in [-0.2, 0) is 10.0 Å². The molecule has 0 unspecified atom stereocenters. The van der Waals surface area contributed by atoms with Crippen LogP contribution >= 0.6 is 12.4 Å². The van der Waals surface area contributed by atoms with Crippen molar-refractivity contribution in [1.82, 2.24) is 4.90 Å². The number of rotatable bonds is 7. The smallest absolute Gasteiger partial charge is 0.261 e. The molecule has 1 heterocycles. The van der Waals surface area contributed by atoms with Crippen molar-refractivity contribution in [3.63, 3.8) is 0 Å². The molecule has 0 aromatic heterocycles. The molecular weight excluding hydrogens is 392 g/mol. The van der Waals surface area contributed by atoms with Gasteiger partial charge in [-0.1, -0.05) is 44.2 Å². The molecule has 2 aromatic rings. The number of hydrogen-bond acceptors (Lipinski definition) is 3. The SMILES string of the molecule is C=CCN1CC[C@H](c2ccc(NS(=O)(=O)c3ccc(C(C)C)cc3)cc2)C1.Cl. The summed E-state index contributed by atoms with van der Waals surface area (Å²) in [6.07, 6.45) is 3.06. The predicted molar refractivity (Wildman–Crippen MR) is 119 cm³/mol. The Kier molecular flexibility index (Phi) is 7.70. The lowest BCUT2D eigenvalue weighted by molar-refractivity contribution is 0.372. The lowest BCUT2D eigenvalue weighted by Gasteiger charge is -2.14. The van der Waals surface area contributed by atoms with E-state index in [1.807, 2.05) is 42.5 Å². The van der Waals surface area contributed by atoms with Gasteiger partial charge in [-0.3, -0.25) is 9.62 Å². The molecule has 0 bridgehead atoms. The van der Waals surface area contributed by atoms with Crippen LogP contribution in [-0.4, -0.2) is 33.0 Å². The molecule has 0 amide bonds. The maximum absolute atomic E-state index is 12.6. The Balaban J connectivity index is 0.00000280. The third-order valence-corrected chi connectivity index (χ3v) is 6.55. The lowest BCUT2D eigenvalue weighted by atomic mass is 9.98. The number of likely N-dealkylation sites (tertiary alicyclic amines) is 1. The third kappa shape index (κ3) is 5.37. The Bertz CT molecular complexity index is 878. The van der Waals surface area contributed by atoms with E-state index >= 15 is 0 Å². The minimum Gasteiger partial charge on any atom is -0.299 e. The van der Waals surface area contributed by atoms with Gasteiger partial charge < -0.3 is 0 Å². The topological polar surface area (TPSA) is 49.4 Å². The van der Waals surface area contributed by atoms with Crippen LogP contribution in [0.3, 0.4) is 0 Å². The van der Waals surface area contributed by atoms with Crippen molar-refractivity contribution < 1.29 is 8.42 Å². The third-order valence-electron chi connectivity index (χ3n) is 5.15. The van der Waals surface area contributed by atoms with Crippen LogP contribution in [0, 0.1) is 0 Å². The van der Waals surface area contributed by atoms with Crippen LogP contribution in [0.4, 0.5) is 5.69 Å². The molecule has 2 aromatic carbocycles. The van der Waals surface area contributed by atoms with Crippen LogP contribution in [0.2, 0.25) is 0 Å². The highest BCUT2D eigenvalue weighted by Gasteiger charge is 2.23. The van der Waals surface area contributed by atoms with Crippen LogP contribution in [0.5, 0.6) is 0 Å². The van der Waals surface area contributed by atoms with Gasteiger partial charge in [0.25, 0.3) is 10.0 Å². The molecule has 4 nitrogen and oxygen atoms in total. The zero-order valence-corrected chi connectivity index (χ0v) is 18.1. The van der Waals surface area contributed by atoms with Crippen molar-refractivity contribution in [3.05, 3.63) is 72.3 Å². The summed E-state index contributed by atoms with van der Waals surface area (Å²) in [7, 11) is -3.57. The van der Waals surface area contributed by atoms with Crippen molar-refractivity contribution in [1.29, 1.82) is 0 Å². The highest BCUT2D eigenvalue weighted by Crippen LogP contribution is 2.28. The summed E-state index contributed by atoms with van der Waals surface area (Å²) in [5.41, 5.74) is 2.97. The molecule has 0 spiro atoms. The van der Waals surface area contributed by atoms with Gasteiger partial charge in [-0.15, -0.1) is 19.0 Å². The molecule has 0 radical (unpaired) electrons. The van der Waals surface area contributed by atoms with Crippen LogP contribution in [0.1, 0.15) is 43.2 Å². The minimum absolute atomic E-state index is 0. The van der Waals surface area contributed by atoms with Gasteiger partial charge in [-0.2, -0.15) is 0 Å². The summed E-state index contributed by atoms with van der Waals surface area (Å²) < 4.78 is 27.9. The molecule has 1 fully saturated rings. The normalized spacial score (nSPS) is 17.3. The number of nitrogens with zero attached hydrogens (tertiary/aromatic N) is 1. The molecule has 0 aliphatic carbocycles. The molecule has 152 valence electrons. The summed E-state index contributed by atoms with van der Waals surface area (Å²) in [6.45, 7) is 11.0. The number of benzene rings is 2. The number of anilines is 1. The summed E-state index contributed by atoms with van der Waals surface area (Å²) in [6, 6.07) is 14.8. The highest BCUT2D eigenvalue weighted by atomic mass is 35.5. The lowest BCUT2D eigenvalue weighted by Crippen LogP contribution is -2.19. The van der Waals surface area contributed by atoms with E-state index in [-0.39, 0.29) is 17.3 Å². The highest BCUT2D eigenvalue weighted by molar-refractivity contribution is 7.92. The fourth-order valence-corrected chi connectivity index (χ4v) is 4.58. The number of sulfonamides is 1. The zero-order valence-electron chi connectivity index (χ0n) is 16.5. The second-order valence-corrected chi connectivity index (χ2v) is 9.17. The van der Waals surface area contributed by atoms with Crippen LogP contribution in [0.15, 0.2) is 66.1 Å². The molecule has 1 saturated heterocycles. The van der Waals surface area contributed by atoms with E-state index in [2.05, 4.69) is 30.0 Å². The van der Waals surface area contributed by atoms with E-state index < -0.39 is 10.0 Å². The maximum atomic E-state index is 12.6. The molecule has 1 aliphatic heterocycles. The summed E-state index contributed by atoms with van der Waals surface area (Å²) >= 11 is 0. The Hall–Kier alpha value is -1.82. The average molecular weight is 421 g/mol. The first kappa shape index (κ1) is 22.5. The van der Waals surface area contributed by atoms with E-state index in [9.17, 15) is 8.42 Å². The van der Waals surface area contributed by atoms with E-state index in [0.717, 1.165) is 31.6 Å². The molecular formula is C22H29ClN2O2S. The molecule has 3 rings (SSSR count). The first-order chi connectivity index (χ1) is 12.9. The van der Waals surface area contributed by atoms with E-state index in [1.165, 1.54) is 5.56 Å². The Morgan fingerprint density at radius 2 is 1.79 bits per heavy atom. The van der Waals surface area contributed by atoms with Crippen molar-refractivity contribution >= 4 is 28.1 Å². The Morgan fingerprint density at radius 1 is 1.14 bits per heavy atom. The van der Waals surface area contributed by atoms with Gasteiger partial charge in [-0.05, 0) is 60.2 Å². The number of nitrogens with one attached hydrogen (secondary N) is 1. The minimum atomic E-state index is -3.57. The largest absolute Gasteiger partial charge is 0.299 e. The first-order valence-corrected chi connectivity index (χ1v) is 10.9. The summed E-state index contributed by atoms with van der Waals surface area (Å²) in [4.78, 5) is 2.67. The molecule has 1 atom stereocenters. The molecule has 1 N–H and O–H groups in total. The molecule has 0 saturated carbocycles. The van der Waals surface area contributed by atoms with E-state index in [4.69, 9.17) is 0 Å². The van der Waals surface area contributed by atoms with Gasteiger partial charge in [0.15, 0.2) is 0 Å². The maximum Gasteiger partial charge on any atom is 0.261 e. The van der Waals surface area contributed by atoms with Gasteiger partial charge in [0.1, 0.15) is 0 Å². The predicted octanol–water partition coefficient (Wildman–Crippen LogP) is 5.01. The van der Waals surface area contributed by atoms with Gasteiger partial charge in [0, 0.05) is 18.8 Å². The number of hydrogen-bond donors (Lipinski definition) is 1. The van der Waals surface area contributed by atoms with Crippen molar-refractivity contribution in [2.45, 2.75) is 37.0 Å². The molecule has 28 heavy (non-hydrogen) atoms. The van der Waals surface area contributed by atoms with Gasteiger partial charge in [-0.25, -0.2) is 8.42 Å². The summed E-state index contributed by atoms with van der Waals surface area (Å²) in [5.74, 6) is 0.874. The van der Waals surface area contributed by atoms with Gasteiger partial charge >= 0.3 is 0 Å². The van der Waals surface area contributed by atoms with Crippen molar-refractivity contribution in [2.24, 2.45) is 0 Å². The van der Waals surface area contributed by atoms with Crippen LogP contribution < -0.4 is 4.72 Å². The van der Waals surface area contributed by atoms with Crippen LogP contribution in [0.25, 0.3) is 0 Å². The van der Waals surface area contributed by atoms with Crippen molar-refractivity contribution in [3.8, 4) is 0 Å². The average Bonchev–Trinajstić information content (AvgIpc) is 3.11. The van der Waals surface area contributed by atoms with Crippen molar-refractivity contribution in [2.75, 3.05) is 24.4 Å². The van der Waals surface area contributed by atoms with E-state index in [1.54, 1.807) is 12.1 Å². The quantitative estimate of drug-likeness (QED) is 0.640. The van der Waals surface area contributed by atoms with Gasteiger partial charge in [0.2, 0.25) is 0 Å². The Morgan fingerprint density at radius 3 is 2.36 bits per heavy atom. The fraction of sp³-hybridized carbons (Fsp3) is 0.364. The second kappa shape index (κ2) is 9.59. The fourth-order valence-electron chi connectivity index (χ4n) is 3.52. The zero-order chi connectivity index (χ0) is 19.4. The second-order valence-electron chi connectivity index (χ2n) is 7.49. The Labute approximate surface area is 175 Å². The van der Waals surface area contributed by atoms with E-state index in [0.29, 0.717) is 17.5 Å². The monoisotopic (exact) mass is 420 g/mol.